The summed E-state index contributed by atoms with van der Waals surface area (Å²) in [7, 11) is 0. The molecule has 0 amide bonds. The number of benzene rings is 1. The number of rotatable bonds is 3. The predicted molar refractivity (Wildman–Crippen MR) is 77.2 cm³/mol. The molecule has 0 radical (unpaired) electrons. The Bertz CT molecular complexity index is 699. The van der Waals surface area contributed by atoms with Gasteiger partial charge in [0, 0.05) is 23.6 Å². The fourth-order valence-corrected chi connectivity index (χ4v) is 1.73. The predicted octanol–water partition coefficient (Wildman–Crippen LogP) is 2.26. The minimum atomic E-state index is 0.172. The Labute approximate surface area is 115 Å². The molecule has 0 bridgehead atoms. The maximum atomic E-state index is 5.73. The Hall–Kier alpha value is -3.02. The summed E-state index contributed by atoms with van der Waals surface area (Å²) in [6.07, 6.45) is 3.36. The van der Waals surface area contributed by atoms with Gasteiger partial charge in [-0.05, 0) is 24.3 Å². The minimum absolute atomic E-state index is 0.172. The second-order valence-corrected chi connectivity index (χ2v) is 4.07. The van der Waals surface area contributed by atoms with Crippen molar-refractivity contribution in [2.45, 2.75) is 0 Å². The van der Waals surface area contributed by atoms with Gasteiger partial charge in [0.15, 0.2) is 5.82 Å². The zero-order valence-electron chi connectivity index (χ0n) is 10.6. The van der Waals surface area contributed by atoms with E-state index in [1.54, 1.807) is 12.4 Å². The quantitative estimate of drug-likeness (QED) is 0.754. The number of nitrogens with one attached hydrogen (secondary N) is 1. The lowest BCUT2D eigenvalue weighted by Crippen LogP contribution is -2.04. The summed E-state index contributed by atoms with van der Waals surface area (Å²) >= 11 is 0. The SMILES string of the molecule is Nc1nc(Nc2ccccc2)nc(-c2ccncc2)n1. The molecule has 6 heteroatoms. The second kappa shape index (κ2) is 5.31. The molecule has 0 saturated carbocycles. The lowest BCUT2D eigenvalue weighted by Gasteiger charge is -2.07. The molecule has 3 rings (SSSR count). The molecular formula is C14H12N6. The Morgan fingerprint density at radius 3 is 2.35 bits per heavy atom. The maximum Gasteiger partial charge on any atom is 0.232 e. The molecule has 0 fully saturated rings. The molecule has 98 valence electrons. The molecule has 0 aliphatic carbocycles. The fraction of sp³-hybridized carbons (Fsp3) is 0. The minimum Gasteiger partial charge on any atom is -0.368 e. The molecule has 3 aromatic rings. The van der Waals surface area contributed by atoms with E-state index in [1.165, 1.54) is 0 Å². The first-order valence-corrected chi connectivity index (χ1v) is 6.05. The van der Waals surface area contributed by atoms with E-state index < -0.39 is 0 Å². The van der Waals surface area contributed by atoms with Gasteiger partial charge in [-0.15, -0.1) is 0 Å². The summed E-state index contributed by atoms with van der Waals surface area (Å²) in [6, 6.07) is 13.3. The molecule has 20 heavy (non-hydrogen) atoms. The maximum absolute atomic E-state index is 5.73. The van der Waals surface area contributed by atoms with Crippen LogP contribution in [-0.2, 0) is 0 Å². The summed E-state index contributed by atoms with van der Waals surface area (Å²) in [4.78, 5) is 16.5. The van der Waals surface area contributed by atoms with Gasteiger partial charge < -0.3 is 11.1 Å². The zero-order valence-corrected chi connectivity index (χ0v) is 10.6. The van der Waals surface area contributed by atoms with E-state index in [-0.39, 0.29) is 5.95 Å². The van der Waals surface area contributed by atoms with Gasteiger partial charge in [0.05, 0.1) is 0 Å². The molecule has 0 aliphatic heterocycles. The van der Waals surface area contributed by atoms with Crippen LogP contribution < -0.4 is 11.1 Å². The third kappa shape index (κ3) is 2.69. The largest absolute Gasteiger partial charge is 0.368 e. The standard InChI is InChI=1S/C14H12N6/c15-13-18-12(10-6-8-16-9-7-10)19-14(20-13)17-11-4-2-1-3-5-11/h1-9H,(H3,15,17,18,19,20). The number of hydrogen-bond acceptors (Lipinski definition) is 6. The third-order valence-corrected chi connectivity index (χ3v) is 2.62. The van der Waals surface area contributed by atoms with E-state index in [0.717, 1.165) is 11.3 Å². The molecule has 0 atom stereocenters. The van der Waals surface area contributed by atoms with Crippen LogP contribution in [0.15, 0.2) is 54.9 Å². The average Bonchev–Trinajstić information content (AvgIpc) is 2.49. The first kappa shape index (κ1) is 12.0. The van der Waals surface area contributed by atoms with Crippen LogP contribution in [0.2, 0.25) is 0 Å². The van der Waals surface area contributed by atoms with E-state index in [9.17, 15) is 0 Å². The van der Waals surface area contributed by atoms with Crippen molar-refractivity contribution in [1.82, 2.24) is 19.9 Å². The summed E-state index contributed by atoms with van der Waals surface area (Å²) < 4.78 is 0. The van der Waals surface area contributed by atoms with Crippen LogP contribution in [0.25, 0.3) is 11.4 Å². The number of anilines is 3. The molecular weight excluding hydrogens is 252 g/mol. The molecule has 0 saturated heterocycles. The lowest BCUT2D eigenvalue weighted by molar-refractivity contribution is 1.07. The van der Waals surface area contributed by atoms with Crippen molar-refractivity contribution in [2.24, 2.45) is 0 Å². The van der Waals surface area contributed by atoms with Gasteiger partial charge >= 0.3 is 0 Å². The van der Waals surface area contributed by atoms with Crippen molar-refractivity contribution in [3.63, 3.8) is 0 Å². The highest BCUT2D eigenvalue weighted by atomic mass is 15.2. The number of hydrogen-bond donors (Lipinski definition) is 2. The Kier molecular flexibility index (Phi) is 3.20. The van der Waals surface area contributed by atoms with E-state index in [1.807, 2.05) is 42.5 Å². The van der Waals surface area contributed by atoms with Crippen LogP contribution in [0, 0.1) is 0 Å². The lowest BCUT2D eigenvalue weighted by atomic mass is 10.2. The molecule has 0 unspecified atom stereocenters. The smallest absolute Gasteiger partial charge is 0.232 e. The van der Waals surface area contributed by atoms with Crippen LogP contribution in [0.5, 0.6) is 0 Å². The van der Waals surface area contributed by atoms with Gasteiger partial charge in [0.1, 0.15) is 0 Å². The number of nitrogens with zero attached hydrogens (tertiary/aromatic N) is 4. The van der Waals surface area contributed by atoms with Gasteiger partial charge in [0.25, 0.3) is 0 Å². The number of pyridine rings is 1. The van der Waals surface area contributed by atoms with Crippen molar-refractivity contribution in [1.29, 1.82) is 0 Å². The molecule has 6 nitrogen and oxygen atoms in total. The Morgan fingerprint density at radius 2 is 1.60 bits per heavy atom. The highest BCUT2D eigenvalue weighted by Crippen LogP contribution is 2.18. The molecule has 2 heterocycles. The molecule has 0 spiro atoms. The van der Waals surface area contributed by atoms with Crippen LogP contribution in [0.3, 0.4) is 0 Å². The van der Waals surface area contributed by atoms with Crippen molar-refractivity contribution in [3.05, 3.63) is 54.9 Å². The molecule has 2 aromatic heterocycles. The van der Waals surface area contributed by atoms with Gasteiger partial charge in [-0.25, -0.2) is 0 Å². The molecule has 3 N–H and O–H groups in total. The average molecular weight is 264 g/mol. The summed E-state index contributed by atoms with van der Waals surface area (Å²) in [5.74, 6) is 1.10. The van der Waals surface area contributed by atoms with Crippen molar-refractivity contribution in [3.8, 4) is 11.4 Å². The van der Waals surface area contributed by atoms with E-state index in [2.05, 4.69) is 25.3 Å². The second-order valence-electron chi connectivity index (χ2n) is 4.07. The van der Waals surface area contributed by atoms with Crippen LogP contribution in [0.4, 0.5) is 17.6 Å². The third-order valence-electron chi connectivity index (χ3n) is 2.62. The van der Waals surface area contributed by atoms with Crippen LogP contribution >= 0.6 is 0 Å². The Balaban J connectivity index is 1.95. The topological polar surface area (TPSA) is 89.6 Å². The monoisotopic (exact) mass is 264 g/mol. The zero-order chi connectivity index (χ0) is 13.8. The van der Waals surface area contributed by atoms with Crippen LogP contribution in [0.1, 0.15) is 0 Å². The highest BCUT2D eigenvalue weighted by Gasteiger charge is 2.06. The van der Waals surface area contributed by atoms with Crippen LogP contribution in [-0.4, -0.2) is 19.9 Å². The number of aromatic nitrogens is 4. The number of nitrogen functional groups attached to an aromatic ring is 1. The van der Waals surface area contributed by atoms with Crippen molar-refractivity contribution >= 4 is 17.6 Å². The summed E-state index contributed by atoms with van der Waals surface area (Å²) in [6.45, 7) is 0. The van der Waals surface area contributed by atoms with Gasteiger partial charge in [0.2, 0.25) is 11.9 Å². The Morgan fingerprint density at radius 1 is 0.850 bits per heavy atom. The van der Waals surface area contributed by atoms with Gasteiger partial charge in [-0.1, -0.05) is 18.2 Å². The van der Waals surface area contributed by atoms with E-state index >= 15 is 0 Å². The van der Waals surface area contributed by atoms with E-state index in [0.29, 0.717) is 11.8 Å². The van der Waals surface area contributed by atoms with Gasteiger partial charge in [-0.3, -0.25) is 4.98 Å². The van der Waals surface area contributed by atoms with E-state index in [4.69, 9.17) is 5.73 Å². The normalized spacial score (nSPS) is 10.2. The first-order chi connectivity index (χ1) is 9.81. The molecule has 1 aromatic carbocycles. The fourth-order valence-electron chi connectivity index (χ4n) is 1.73. The number of para-hydroxylation sites is 1. The summed E-state index contributed by atoms with van der Waals surface area (Å²) in [5.41, 5.74) is 7.46. The number of nitrogens with two attached hydrogens (primary N) is 1. The first-order valence-electron chi connectivity index (χ1n) is 6.05. The van der Waals surface area contributed by atoms with Crippen molar-refractivity contribution < 1.29 is 0 Å². The van der Waals surface area contributed by atoms with Crippen molar-refractivity contribution in [2.75, 3.05) is 11.1 Å². The van der Waals surface area contributed by atoms with Gasteiger partial charge in [-0.2, -0.15) is 15.0 Å². The summed E-state index contributed by atoms with van der Waals surface area (Å²) in [5, 5.41) is 3.10. The highest BCUT2D eigenvalue weighted by molar-refractivity contribution is 5.59. The molecule has 0 aliphatic rings.